The van der Waals surface area contributed by atoms with Gasteiger partial charge in [-0.25, -0.2) is 18.4 Å². The van der Waals surface area contributed by atoms with Crippen molar-refractivity contribution in [3.05, 3.63) is 53.1 Å². The van der Waals surface area contributed by atoms with E-state index in [-0.39, 0.29) is 21.2 Å². The lowest BCUT2D eigenvalue weighted by molar-refractivity contribution is 0.0697. The largest absolute Gasteiger partial charge is 0.478 e. The summed E-state index contributed by atoms with van der Waals surface area (Å²) in [6.45, 7) is 0. The first-order chi connectivity index (χ1) is 9.79. The lowest BCUT2D eigenvalue weighted by atomic mass is 10.2. The molecule has 2 aromatic carbocycles. The number of carbonyl (C=O) groups is 1. The van der Waals surface area contributed by atoms with Crippen molar-refractivity contribution in [3.8, 4) is 0 Å². The Kier molecular flexibility index (Phi) is 4.17. The summed E-state index contributed by atoms with van der Waals surface area (Å²) in [5.74, 6) is -1.14. The second-order valence-electron chi connectivity index (χ2n) is 4.17. The van der Waals surface area contributed by atoms with Gasteiger partial charge in [0.05, 0.1) is 16.3 Å². The normalized spacial score (nSPS) is 11.1. The van der Waals surface area contributed by atoms with Crippen molar-refractivity contribution in [2.24, 2.45) is 5.14 Å². The predicted octanol–water partition coefficient (Wildman–Crippen LogP) is 2.43. The Morgan fingerprint density at radius 1 is 1.19 bits per heavy atom. The van der Waals surface area contributed by atoms with Crippen molar-refractivity contribution in [1.82, 2.24) is 0 Å². The zero-order chi connectivity index (χ0) is 15.6. The smallest absolute Gasteiger partial charge is 0.337 e. The number of hydrogen-bond donors (Lipinski definition) is 3. The number of rotatable bonds is 4. The predicted molar refractivity (Wildman–Crippen MR) is 79.5 cm³/mol. The summed E-state index contributed by atoms with van der Waals surface area (Å²) in [5.41, 5.74) is 0.683. The molecule has 21 heavy (non-hydrogen) atoms. The number of primary sulfonamides is 1. The van der Waals surface area contributed by atoms with Gasteiger partial charge in [0.15, 0.2) is 0 Å². The van der Waals surface area contributed by atoms with E-state index in [1.165, 1.54) is 24.3 Å². The van der Waals surface area contributed by atoms with Crippen molar-refractivity contribution in [2.45, 2.75) is 4.90 Å². The summed E-state index contributed by atoms with van der Waals surface area (Å²) in [5, 5.41) is 16.9. The number of para-hydroxylation sites is 1. The highest BCUT2D eigenvalue weighted by molar-refractivity contribution is 7.89. The molecule has 0 saturated carbocycles. The van der Waals surface area contributed by atoms with Gasteiger partial charge in [-0.15, -0.1) is 0 Å². The average molecular weight is 327 g/mol. The highest BCUT2D eigenvalue weighted by atomic mass is 35.5. The minimum Gasteiger partial charge on any atom is -0.478 e. The van der Waals surface area contributed by atoms with Crippen LogP contribution in [0.4, 0.5) is 11.4 Å². The molecule has 4 N–H and O–H groups in total. The van der Waals surface area contributed by atoms with Gasteiger partial charge in [0, 0.05) is 5.69 Å². The van der Waals surface area contributed by atoms with Gasteiger partial charge in [-0.3, -0.25) is 0 Å². The van der Waals surface area contributed by atoms with Gasteiger partial charge in [-0.2, -0.15) is 0 Å². The van der Waals surface area contributed by atoms with Crippen molar-refractivity contribution in [2.75, 3.05) is 5.32 Å². The molecule has 0 bridgehead atoms. The van der Waals surface area contributed by atoms with E-state index in [0.29, 0.717) is 5.69 Å². The summed E-state index contributed by atoms with van der Waals surface area (Å²) in [7, 11) is -3.87. The van der Waals surface area contributed by atoms with E-state index in [9.17, 15) is 13.2 Å². The fourth-order valence-corrected chi connectivity index (χ4v) is 2.70. The number of sulfonamides is 1. The van der Waals surface area contributed by atoms with Crippen LogP contribution in [0.3, 0.4) is 0 Å². The molecule has 0 radical (unpaired) electrons. The lowest BCUT2D eigenvalue weighted by Crippen LogP contribution is -2.14. The fraction of sp³-hybridized carbons (Fsp3) is 0. The molecule has 0 spiro atoms. The Morgan fingerprint density at radius 2 is 1.86 bits per heavy atom. The standard InChI is InChI=1S/C13H11ClN2O4S/c14-10-7-8(5-6-9(10)13(17)18)16-11-3-1-2-4-12(11)21(15,19)20/h1-7,16H,(H,17,18)(H2,15,19,20). The Hall–Kier alpha value is -2.09. The zero-order valence-corrected chi connectivity index (χ0v) is 12.1. The molecular weight excluding hydrogens is 316 g/mol. The third-order valence-electron chi connectivity index (χ3n) is 2.67. The van der Waals surface area contributed by atoms with Crippen LogP contribution < -0.4 is 10.5 Å². The van der Waals surface area contributed by atoms with E-state index in [0.717, 1.165) is 0 Å². The van der Waals surface area contributed by atoms with Gasteiger partial charge < -0.3 is 10.4 Å². The van der Waals surface area contributed by atoms with Crippen LogP contribution in [0.25, 0.3) is 0 Å². The van der Waals surface area contributed by atoms with Gasteiger partial charge in [0.1, 0.15) is 4.90 Å². The first-order valence-corrected chi connectivity index (χ1v) is 7.63. The summed E-state index contributed by atoms with van der Waals surface area (Å²) in [6.07, 6.45) is 0. The first kappa shape index (κ1) is 15.3. The number of aromatic carboxylic acids is 1. The van der Waals surface area contributed by atoms with E-state index >= 15 is 0 Å². The second-order valence-corrected chi connectivity index (χ2v) is 6.10. The molecule has 110 valence electrons. The molecule has 0 unspecified atom stereocenters. The quantitative estimate of drug-likeness (QED) is 0.799. The molecule has 0 aliphatic carbocycles. The van der Waals surface area contributed by atoms with E-state index < -0.39 is 16.0 Å². The molecule has 2 aromatic rings. The summed E-state index contributed by atoms with van der Waals surface area (Å²) in [4.78, 5) is 10.8. The molecule has 0 amide bonds. The number of hydrogen-bond acceptors (Lipinski definition) is 4. The first-order valence-electron chi connectivity index (χ1n) is 5.71. The van der Waals surface area contributed by atoms with Crippen LogP contribution in [0, 0.1) is 0 Å². The van der Waals surface area contributed by atoms with E-state index in [1.54, 1.807) is 18.2 Å². The molecule has 0 aliphatic heterocycles. The van der Waals surface area contributed by atoms with Gasteiger partial charge in [0.2, 0.25) is 10.0 Å². The maximum Gasteiger partial charge on any atom is 0.337 e. The molecule has 0 heterocycles. The number of nitrogens with one attached hydrogen (secondary N) is 1. The van der Waals surface area contributed by atoms with Gasteiger partial charge >= 0.3 is 5.97 Å². The topological polar surface area (TPSA) is 109 Å². The maximum atomic E-state index is 11.5. The highest BCUT2D eigenvalue weighted by Gasteiger charge is 2.14. The SMILES string of the molecule is NS(=O)(=O)c1ccccc1Nc1ccc(C(=O)O)c(Cl)c1. The van der Waals surface area contributed by atoms with Gasteiger partial charge in [-0.1, -0.05) is 23.7 Å². The molecule has 8 heteroatoms. The Labute approximate surface area is 126 Å². The molecule has 0 aliphatic rings. The fourth-order valence-electron chi connectivity index (χ4n) is 1.74. The Morgan fingerprint density at radius 3 is 2.43 bits per heavy atom. The van der Waals surface area contributed by atoms with Crippen LogP contribution in [0.1, 0.15) is 10.4 Å². The van der Waals surface area contributed by atoms with Crippen molar-refractivity contribution in [3.63, 3.8) is 0 Å². The third kappa shape index (κ3) is 3.52. The maximum absolute atomic E-state index is 11.5. The van der Waals surface area contributed by atoms with Crippen LogP contribution in [0.2, 0.25) is 5.02 Å². The van der Waals surface area contributed by atoms with Crippen molar-refractivity contribution >= 4 is 39.0 Å². The van der Waals surface area contributed by atoms with Crippen LogP contribution in [-0.2, 0) is 10.0 Å². The minimum absolute atomic E-state index is 0.0399. The molecular formula is C13H11ClN2O4S. The van der Waals surface area contributed by atoms with Crippen molar-refractivity contribution < 1.29 is 18.3 Å². The van der Waals surface area contributed by atoms with Crippen LogP contribution >= 0.6 is 11.6 Å². The summed E-state index contributed by atoms with van der Waals surface area (Å²) >= 11 is 5.86. The number of carboxylic acid groups (broad SMARTS) is 1. The number of benzene rings is 2. The summed E-state index contributed by atoms with van der Waals surface area (Å²) < 4.78 is 23.0. The molecule has 0 atom stereocenters. The zero-order valence-electron chi connectivity index (χ0n) is 10.6. The van der Waals surface area contributed by atoms with Crippen LogP contribution in [0.15, 0.2) is 47.4 Å². The van der Waals surface area contributed by atoms with Gasteiger partial charge in [-0.05, 0) is 30.3 Å². The minimum atomic E-state index is -3.87. The van der Waals surface area contributed by atoms with E-state index in [1.807, 2.05) is 0 Å². The van der Waals surface area contributed by atoms with E-state index in [4.69, 9.17) is 21.8 Å². The molecule has 0 aromatic heterocycles. The Bertz CT molecular complexity index is 806. The highest BCUT2D eigenvalue weighted by Crippen LogP contribution is 2.27. The second kappa shape index (κ2) is 5.72. The number of carboxylic acids is 1. The number of anilines is 2. The van der Waals surface area contributed by atoms with E-state index in [2.05, 4.69) is 5.32 Å². The molecule has 0 saturated heterocycles. The van der Waals surface area contributed by atoms with Crippen LogP contribution in [0.5, 0.6) is 0 Å². The summed E-state index contributed by atoms with van der Waals surface area (Å²) in [6, 6.07) is 10.3. The third-order valence-corrected chi connectivity index (χ3v) is 3.95. The Balaban J connectivity index is 2.40. The van der Waals surface area contributed by atoms with Crippen LogP contribution in [-0.4, -0.2) is 19.5 Å². The molecule has 6 nitrogen and oxygen atoms in total. The average Bonchev–Trinajstić information content (AvgIpc) is 2.37. The number of nitrogens with two attached hydrogens (primary N) is 1. The molecule has 2 rings (SSSR count). The monoisotopic (exact) mass is 326 g/mol. The number of halogens is 1. The molecule has 0 fully saturated rings. The van der Waals surface area contributed by atoms with Crippen molar-refractivity contribution in [1.29, 1.82) is 0 Å². The lowest BCUT2D eigenvalue weighted by Gasteiger charge is -2.11. The van der Waals surface area contributed by atoms with Gasteiger partial charge in [0.25, 0.3) is 0 Å².